The SMILES string of the molecule is COCCn1cc(C(=O)O)c2c(OC)ccc(/C=C(\CCCOC3C=C(C)C(Cl)=C(C)C3)c3ccc(Cl)c(C4C(C)=NN(C)C4C)c3NCCNC=O)c21. The highest BCUT2D eigenvalue weighted by Gasteiger charge is 2.35. The Morgan fingerprint density at radius 1 is 1.09 bits per heavy atom. The molecule has 2 aromatic carbocycles. The van der Waals surface area contributed by atoms with E-state index in [1.54, 1.807) is 20.4 Å². The second kappa shape index (κ2) is 18.4. The van der Waals surface area contributed by atoms with E-state index in [2.05, 4.69) is 29.7 Å². The zero-order valence-electron chi connectivity index (χ0n) is 32.1. The number of allylic oxidation sites excluding steroid dienone is 3. The molecule has 3 unspecified atom stereocenters. The molecule has 0 radical (unpaired) electrons. The molecule has 54 heavy (non-hydrogen) atoms. The van der Waals surface area contributed by atoms with Crippen molar-refractivity contribution in [1.82, 2.24) is 14.9 Å². The molecule has 0 saturated heterocycles. The number of halogens is 2. The number of anilines is 1. The standard InChI is InChI=1S/C41H51Cl2N5O6/c1-24-19-30(20-25(2)38(24)43)54-17-8-9-28(21-29-10-13-34(53-7)36-32(41(50)51)22-48(40(29)36)16-18-52-6)31-11-12-33(42)37(39(31)45-15-14-44-23-49)35-26(3)46-47(5)27(35)4/h10-13,19,21-23,27,30,35,45H,8-9,14-18,20H2,1-7H3,(H,44,49)(H,50,51)/b28-21+. The van der Waals surface area contributed by atoms with Gasteiger partial charge in [-0.25, -0.2) is 4.79 Å². The summed E-state index contributed by atoms with van der Waals surface area (Å²) in [5.74, 6) is -0.661. The number of nitrogens with one attached hydrogen (secondary N) is 2. The van der Waals surface area contributed by atoms with E-state index in [4.69, 9.17) is 42.5 Å². The zero-order valence-corrected chi connectivity index (χ0v) is 33.6. The first-order valence-electron chi connectivity index (χ1n) is 18.2. The van der Waals surface area contributed by atoms with Crippen LogP contribution in [0.1, 0.15) is 79.9 Å². The first-order valence-corrected chi connectivity index (χ1v) is 19.0. The third-order valence-corrected chi connectivity index (χ3v) is 11.2. The van der Waals surface area contributed by atoms with Crippen molar-refractivity contribution in [3.05, 3.63) is 80.0 Å². The number of fused-ring (bicyclic) bond motifs is 1. The van der Waals surface area contributed by atoms with Crippen LogP contribution in [0.25, 0.3) is 22.6 Å². The molecule has 1 aromatic heterocycles. The maximum absolute atomic E-state index is 12.5. The number of hydrogen-bond donors (Lipinski definition) is 3. The number of likely N-dealkylation sites (N-methyl/N-ethyl adjacent to an activating group) is 1. The minimum atomic E-state index is -1.04. The number of rotatable bonds is 18. The Kier molecular flexibility index (Phi) is 13.9. The number of carboxylic acid groups (broad SMARTS) is 1. The Morgan fingerprint density at radius 3 is 2.52 bits per heavy atom. The third kappa shape index (κ3) is 8.81. The summed E-state index contributed by atoms with van der Waals surface area (Å²) in [7, 11) is 5.13. The molecule has 0 spiro atoms. The molecule has 5 rings (SSSR count). The Hall–Kier alpha value is -4.29. The van der Waals surface area contributed by atoms with Crippen molar-refractivity contribution in [3.63, 3.8) is 0 Å². The quantitative estimate of drug-likeness (QED) is 0.0671. The van der Waals surface area contributed by atoms with Crippen LogP contribution in [0, 0.1) is 0 Å². The summed E-state index contributed by atoms with van der Waals surface area (Å²) in [5, 5.41) is 25.3. The number of carbonyl (C=O) groups is 2. The molecule has 1 amide bonds. The lowest BCUT2D eigenvalue weighted by atomic mass is 9.84. The van der Waals surface area contributed by atoms with Crippen LogP contribution in [0.3, 0.4) is 0 Å². The van der Waals surface area contributed by atoms with Gasteiger partial charge in [0.25, 0.3) is 0 Å². The number of hydrazone groups is 1. The van der Waals surface area contributed by atoms with Crippen LogP contribution in [0.15, 0.2) is 57.8 Å². The molecule has 290 valence electrons. The Balaban J connectivity index is 1.67. The maximum atomic E-state index is 12.5. The third-order valence-electron chi connectivity index (χ3n) is 10.3. The van der Waals surface area contributed by atoms with Gasteiger partial charge in [0.2, 0.25) is 6.41 Å². The highest BCUT2D eigenvalue weighted by Crippen LogP contribution is 2.44. The fourth-order valence-electron chi connectivity index (χ4n) is 7.57. The smallest absolute Gasteiger partial charge is 0.338 e. The van der Waals surface area contributed by atoms with E-state index in [9.17, 15) is 14.7 Å². The summed E-state index contributed by atoms with van der Waals surface area (Å²) in [5.41, 5.74) is 8.50. The number of ether oxygens (including phenoxy) is 3. The number of carboxylic acids is 1. The van der Waals surface area contributed by atoms with E-state index in [0.29, 0.717) is 68.3 Å². The molecule has 3 aromatic rings. The van der Waals surface area contributed by atoms with Crippen molar-refractivity contribution in [2.75, 3.05) is 52.9 Å². The summed E-state index contributed by atoms with van der Waals surface area (Å²) in [4.78, 5) is 23.7. The molecule has 2 aliphatic rings. The predicted octanol–water partition coefficient (Wildman–Crippen LogP) is 8.17. The van der Waals surface area contributed by atoms with Crippen LogP contribution >= 0.6 is 23.2 Å². The molecular weight excluding hydrogens is 729 g/mol. The van der Waals surface area contributed by atoms with E-state index in [1.165, 1.54) is 0 Å². The van der Waals surface area contributed by atoms with Gasteiger partial charge in [-0.15, -0.1) is 0 Å². The first-order chi connectivity index (χ1) is 25.9. The van der Waals surface area contributed by atoms with Gasteiger partial charge in [-0.1, -0.05) is 40.9 Å². The average Bonchev–Trinajstić information content (AvgIpc) is 3.65. The predicted molar refractivity (Wildman–Crippen MR) is 218 cm³/mol. The number of aromatic carboxylic acids is 1. The number of hydrogen-bond acceptors (Lipinski definition) is 8. The van der Waals surface area contributed by atoms with Gasteiger partial charge in [0.15, 0.2) is 0 Å². The molecule has 11 nitrogen and oxygen atoms in total. The number of nitrogens with zero attached hydrogens (tertiary/aromatic N) is 3. The zero-order chi connectivity index (χ0) is 39.1. The fourth-order valence-corrected chi connectivity index (χ4v) is 7.98. The minimum Gasteiger partial charge on any atom is -0.496 e. The van der Waals surface area contributed by atoms with E-state index in [-0.39, 0.29) is 23.6 Å². The molecule has 0 saturated carbocycles. The first kappa shape index (κ1) is 40.9. The summed E-state index contributed by atoms with van der Waals surface area (Å²) in [6.07, 6.45) is 8.54. The summed E-state index contributed by atoms with van der Waals surface area (Å²) in [6.45, 7) is 10.4. The van der Waals surface area contributed by atoms with E-state index >= 15 is 0 Å². The molecule has 0 bridgehead atoms. The molecule has 2 heterocycles. The van der Waals surface area contributed by atoms with Crippen LogP contribution in [0.5, 0.6) is 5.75 Å². The van der Waals surface area contributed by atoms with Gasteiger partial charge in [0.1, 0.15) is 5.75 Å². The topological polar surface area (TPSA) is 127 Å². The van der Waals surface area contributed by atoms with Gasteiger partial charge < -0.3 is 34.5 Å². The molecule has 3 atom stereocenters. The Bertz CT molecular complexity index is 2000. The van der Waals surface area contributed by atoms with Crippen LogP contribution in [0.4, 0.5) is 5.69 Å². The second-order valence-electron chi connectivity index (χ2n) is 13.9. The van der Waals surface area contributed by atoms with Crippen molar-refractivity contribution in [2.24, 2.45) is 5.10 Å². The van der Waals surface area contributed by atoms with Gasteiger partial charge in [0, 0.05) is 85.1 Å². The van der Waals surface area contributed by atoms with Gasteiger partial charge in [-0.05, 0) is 87.9 Å². The van der Waals surface area contributed by atoms with Crippen molar-refractivity contribution in [2.45, 2.75) is 71.6 Å². The van der Waals surface area contributed by atoms with Crippen LogP contribution in [0.2, 0.25) is 5.02 Å². The molecule has 13 heteroatoms. The van der Waals surface area contributed by atoms with Gasteiger partial charge in [-0.3, -0.25) is 9.80 Å². The van der Waals surface area contributed by atoms with Gasteiger partial charge in [-0.2, -0.15) is 5.10 Å². The van der Waals surface area contributed by atoms with E-state index in [0.717, 1.165) is 61.8 Å². The fraction of sp³-hybridized carbons (Fsp3) is 0.439. The molecule has 1 aliphatic carbocycles. The largest absolute Gasteiger partial charge is 0.496 e. The maximum Gasteiger partial charge on any atom is 0.338 e. The summed E-state index contributed by atoms with van der Waals surface area (Å²) >= 11 is 13.6. The highest BCUT2D eigenvalue weighted by molar-refractivity contribution is 6.32. The van der Waals surface area contributed by atoms with E-state index < -0.39 is 5.97 Å². The van der Waals surface area contributed by atoms with Crippen LogP contribution in [-0.2, 0) is 20.8 Å². The lowest BCUT2D eigenvalue weighted by Gasteiger charge is -2.27. The van der Waals surface area contributed by atoms with Crippen molar-refractivity contribution in [1.29, 1.82) is 0 Å². The normalized spacial score (nSPS) is 18.9. The molecule has 0 fully saturated rings. The van der Waals surface area contributed by atoms with Crippen LogP contribution in [-0.4, -0.2) is 92.5 Å². The number of carbonyl (C=O) groups excluding carboxylic acids is 1. The second-order valence-corrected chi connectivity index (χ2v) is 14.6. The van der Waals surface area contributed by atoms with Crippen molar-refractivity contribution in [3.8, 4) is 5.75 Å². The number of amides is 1. The van der Waals surface area contributed by atoms with E-state index in [1.807, 2.05) is 61.7 Å². The number of aromatic nitrogens is 1. The lowest BCUT2D eigenvalue weighted by Crippen LogP contribution is -2.28. The van der Waals surface area contributed by atoms with Crippen LogP contribution < -0.4 is 15.4 Å². The molecule has 3 N–H and O–H groups in total. The average molecular weight is 781 g/mol. The lowest BCUT2D eigenvalue weighted by molar-refractivity contribution is -0.109. The monoisotopic (exact) mass is 779 g/mol. The summed E-state index contributed by atoms with van der Waals surface area (Å²) in [6, 6.07) is 7.79. The Labute approximate surface area is 327 Å². The summed E-state index contributed by atoms with van der Waals surface area (Å²) < 4.78 is 19.4. The van der Waals surface area contributed by atoms with Gasteiger partial charge in [0.05, 0.1) is 42.3 Å². The van der Waals surface area contributed by atoms with Crippen molar-refractivity contribution < 1.29 is 28.9 Å². The van der Waals surface area contributed by atoms with Crippen molar-refractivity contribution >= 4 is 69.5 Å². The molecule has 1 aliphatic heterocycles. The highest BCUT2D eigenvalue weighted by atomic mass is 35.5. The van der Waals surface area contributed by atoms with Gasteiger partial charge >= 0.3 is 5.97 Å². The number of benzene rings is 2. The number of methoxy groups -OCH3 is 2. The Morgan fingerprint density at radius 2 is 1.87 bits per heavy atom. The minimum absolute atomic E-state index is 0.0463. The molecular formula is C41H51Cl2N5O6.